The van der Waals surface area contributed by atoms with Gasteiger partial charge in [-0.3, -0.25) is 0 Å². The van der Waals surface area contributed by atoms with Gasteiger partial charge in [-0.2, -0.15) is 0 Å². The number of benzene rings is 1. The van der Waals surface area contributed by atoms with E-state index in [-0.39, 0.29) is 12.1 Å². The largest absolute Gasteiger partial charge is 0.444 e. The molecule has 1 saturated heterocycles. The van der Waals surface area contributed by atoms with Gasteiger partial charge in [-0.25, -0.2) is 4.79 Å². The Labute approximate surface area is 136 Å². The van der Waals surface area contributed by atoms with Crippen LogP contribution in [0.5, 0.6) is 0 Å². The zero-order valence-corrected chi connectivity index (χ0v) is 13.8. The first kappa shape index (κ1) is 16.1. The Kier molecular flexibility index (Phi) is 4.21. The summed E-state index contributed by atoms with van der Waals surface area (Å²) in [5.41, 5.74) is 2.56. The van der Waals surface area contributed by atoms with Crippen LogP contribution in [0, 0.1) is 0 Å². The van der Waals surface area contributed by atoms with Crippen LogP contribution in [-0.2, 0) is 16.0 Å². The van der Waals surface area contributed by atoms with Gasteiger partial charge >= 0.3 is 6.09 Å². The third-order valence-corrected chi connectivity index (χ3v) is 4.04. The Balaban J connectivity index is 1.66. The molecule has 1 aromatic carbocycles. The lowest BCUT2D eigenvalue weighted by molar-refractivity contribution is -0.0672. The lowest BCUT2D eigenvalue weighted by Gasteiger charge is -2.40. The van der Waals surface area contributed by atoms with Gasteiger partial charge in [0.15, 0.2) is 0 Å². The highest BCUT2D eigenvalue weighted by atomic mass is 16.6. The van der Waals surface area contributed by atoms with Crippen molar-refractivity contribution in [2.24, 2.45) is 0 Å². The van der Waals surface area contributed by atoms with E-state index in [1.807, 2.05) is 39.0 Å². The lowest BCUT2D eigenvalue weighted by atomic mass is 9.89. The predicted octanol–water partition coefficient (Wildman–Crippen LogP) is 2.33. The van der Waals surface area contributed by atoms with Crippen LogP contribution in [0.3, 0.4) is 0 Å². The number of aliphatic hydroxyl groups excluding tert-OH is 1. The molecule has 0 saturated carbocycles. The molecule has 3 atom stereocenters. The van der Waals surface area contributed by atoms with Crippen LogP contribution in [0.25, 0.3) is 0 Å². The predicted molar refractivity (Wildman–Crippen MR) is 86.2 cm³/mol. The van der Waals surface area contributed by atoms with Crippen LogP contribution in [0.4, 0.5) is 10.5 Å². The number of carbonyl (C=O) groups excluding carboxylic acids is 1. The van der Waals surface area contributed by atoms with Crippen LogP contribution < -0.4 is 10.6 Å². The summed E-state index contributed by atoms with van der Waals surface area (Å²) in [7, 11) is 0. The summed E-state index contributed by atoms with van der Waals surface area (Å²) in [5.74, 6) is 0. The normalized spacial score (nSPS) is 26.0. The number of anilines is 1. The van der Waals surface area contributed by atoms with Crippen molar-refractivity contribution in [3.63, 3.8) is 0 Å². The number of aliphatic hydroxyl groups is 1. The zero-order valence-electron chi connectivity index (χ0n) is 13.8. The van der Waals surface area contributed by atoms with Crippen molar-refractivity contribution in [1.82, 2.24) is 5.32 Å². The molecular weight excluding hydrogens is 296 g/mol. The van der Waals surface area contributed by atoms with Crippen molar-refractivity contribution in [3.05, 3.63) is 29.3 Å². The third kappa shape index (κ3) is 3.76. The second-order valence-corrected chi connectivity index (χ2v) is 7.15. The van der Waals surface area contributed by atoms with Gasteiger partial charge < -0.3 is 25.2 Å². The van der Waals surface area contributed by atoms with Gasteiger partial charge in [0.2, 0.25) is 0 Å². The summed E-state index contributed by atoms with van der Waals surface area (Å²) in [6, 6.07) is 6.02. The van der Waals surface area contributed by atoms with Crippen LogP contribution in [0.15, 0.2) is 18.2 Å². The Morgan fingerprint density at radius 3 is 3.00 bits per heavy atom. The quantitative estimate of drug-likeness (QED) is 0.779. The van der Waals surface area contributed by atoms with E-state index in [4.69, 9.17) is 9.47 Å². The van der Waals surface area contributed by atoms with Crippen molar-refractivity contribution >= 4 is 11.8 Å². The molecular formula is C17H24N2O4. The number of ether oxygens (including phenoxy) is 2. The summed E-state index contributed by atoms with van der Waals surface area (Å²) >= 11 is 0. The van der Waals surface area contributed by atoms with E-state index in [1.54, 1.807) is 0 Å². The molecule has 1 fully saturated rings. The van der Waals surface area contributed by atoms with Crippen LogP contribution in [0.2, 0.25) is 0 Å². The highest BCUT2D eigenvalue weighted by molar-refractivity contribution is 5.67. The van der Waals surface area contributed by atoms with Gasteiger partial charge in [-0.05, 0) is 38.5 Å². The van der Waals surface area contributed by atoms with Crippen molar-refractivity contribution in [1.29, 1.82) is 0 Å². The molecule has 2 aliphatic heterocycles. The maximum Gasteiger partial charge on any atom is 0.407 e. The van der Waals surface area contributed by atoms with Crippen LogP contribution in [0.1, 0.15) is 44.4 Å². The second-order valence-electron chi connectivity index (χ2n) is 7.15. The van der Waals surface area contributed by atoms with E-state index in [0.29, 0.717) is 13.2 Å². The third-order valence-electron chi connectivity index (χ3n) is 4.04. The molecule has 6 nitrogen and oxygen atoms in total. The number of carbonyl (C=O) groups is 1. The number of alkyl carbamates (subject to hydrolysis) is 1. The van der Waals surface area contributed by atoms with E-state index in [9.17, 15) is 9.90 Å². The first-order chi connectivity index (χ1) is 10.8. The first-order valence-corrected chi connectivity index (χ1v) is 7.98. The fourth-order valence-electron chi connectivity index (χ4n) is 2.97. The van der Waals surface area contributed by atoms with Crippen molar-refractivity contribution in [3.8, 4) is 0 Å². The molecule has 3 rings (SSSR count). The van der Waals surface area contributed by atoms with Gasteiger partial charge in [0.1, 0.15) is 5.60 Å². The van der Waals surface area contributed by atoms with E-state index < -0.39 is 17.8 Å². The minimum atomic E-state index is -0.504. The summed E-state index contributed by atoms with van der Waals surface area (Å²) in [5, 5.41) is 16.0. The van der Waals surface area contributed by atoms with Gasteiger partial charge in [0.25, 0.3) is 0 Å². The molecule has 0 radical (unpaired) electrons. The van der Waals surface area contributed by atoms with Crippen molar-refractivity contribution in [2.45, 2.75) is 57.6 Å². The van der Waals surface area contributed by atoms with E-state index in [2.05, 4.69) is 10.6 Å². The molecule has 0 aromatic heterocycles. The number of nitrogens with one attached hydrogen (secondary N) is 2. The number of fused-ring (bicyclic) bond motifs is 4. The lowest BCUT2D eigenvalue weighted by Crippen LogP contribution is -2.46. The van der Waals surface area contributed by atoms with E-state index in [0.717, 1.165) is 23.2 Å². The monoisotopic (exact) mass is 320 g/mol. The SMILES string of the molecule is CC(C)(C)OC(=O)NCc1ccc2c(c1)C1CC(N2)[C@H](O)CO1. The molecule has 1 aromatic rings. The highest BCUT2D eigenvalue weighted by Crippen LogP contribution is 2.39. The molecule has 2 bridgehead atoms. The summed E-state index contributed by atoms with van der Waals surface area (Å²) in [4.78, 5) is 11.7. The Morgan fingerprint density at radius 1 is 1.48 bits per heavy atom. The molecule has 23 heavy (non-hydrogen) atoms. The molecule has 1 amide bonds. The van der Waals surface area contributed by atoms with Crippen LogP contribution in [-0.4, -0.2) is 35.6 Å². The molecule has 3 N–H and O–H groups in total. The van der Waals surface area contributed by atoms with Gasteiger partial charge in [-0.1, -0.05) is 6.07 Å². The van der Waals surface area contributed by atoms with Gasteiger partial charge in [0.05, 0.1) is 24.9 Å². The highest BCUT2D eigenvalue weighted by Gasteiger charge is 2.36. The fourth-order valence-corrected chi connectivity index (χ4v) is 2.97. The molecule has 0 spiro atoms. The number of hydrogen-bond acceptors (Lipinski definition) is 5. The summed E-state index contributed by atoms with van der Waals surface area (Å²) in [6.45, 7) is 6.26. The minimum absolute atomic E-state index is 0.00104. The smallest absolute Gasteiger partial charge is 0.407 e. The van der Waals surface area contributed by atoms with Gasteiger partial charge in [0, 0.05) is 24.2 Å². The van der Waals surface area contributed by atoms with Crippen LogP contribution >= 0.6 is 0 Å². The average molecular weight is 320 g/mol. The average Bonchev–Trinajstić information content (AvgIpc) is 2.47. The molecule has 126 valence electrons. The Bertz CT molecular complexity index is 597. The van der Waals surface area contributed by atoms with Crippen molar-refractivity contribution < 1.29 is 19.4 Å². The number of hydrogen-bond donors (Lipinski definition) is 3. The first-order valence-electron chi connectivity index (χ1n) is 7.98. The molecule has 2 heterocycles. The molecule has 2 aliphatic rings. The fraction of sp³-hybridized carbons (Fsp3) is 0.588. The summed E-state index contributed by atoms with van der Waals surface area (Å²) in [6.07, 6.45) is -0.128. The van der Waals surface area contributed by atoms with E-state index >= 15 is 0 Å². The Hall–Kier alpha value is -1.79. The molecule has 6 heteroatoms. The zero-order chi connectivity index (χ0) is 16.6. The van der Waals surface area contributed by atoms with Gasteiger partial charge in [-0.15, -0.1) is 0 Å². The minimum Gasteiger partial charge on any atom is -0.444 e. The maximum absolute atomic E-state index is 11.7. The second kappa shape index (κ2) is 6.02. The maximum atomic E-state index is 11.7. The van der Waals surface area contributed by atoms with E-state index in [1.165, 1.54) is 0 Å². The molecule has 0 aliphatic carbocycles. The number of rotatable bonds is 2. The van der Waals surface area contributed by atoms with Crippen molar-refractivity contribution in [2.75, 3.05) is 11.9 Å². The standard InChI is InChI=1S/C17H24N2O4/c1-17(2,3)23-16(21)18-8-10-4-5-12-11(6-10)15-7-13(19-12)14(20)9-22-15/h4-6,13-15,19-20H,7-9H2,1-3H3,(H,18,21)/t13?,14-,15?/m1/s1. The molecule has 2 unspecified atom stereocenters. The number of amides is 1. The Morgan fingerprint density at radius 2 is 2.26 bits per heavy atom. The topological polar surface area (TPSA) is 79.8 Å². The summed E-state index contributed by atoms with van der Waals surface area (Å²) < 4.78 is 11.0.